The second-order valence-corrected chi connectivity index (χ2v) is 10.7. The predicted molar refractivity (Wildman–Crippen MR) is 171 cm³/mol. The average molecular weight is 613 g/mol. The van der Waals surface area contributed by atoms with Crippen molar-refractivity contribution < 1.29 is 38.7 Å². The monoisotopic (exact) mass is 612 g/mol. The molecule has 4 aromatic rings. The summed E-state index contributed by atoms with van der Waals surface area (Å²) >= 11 is 0. The lowest BCUT2D eigenvalue weighted by Gasteiger charge is -2.18. The topological polar surface area (TPSA) is 112 Å². The molecule has 0 heterocycles. The second kappa shape index (κ2) is 15.7. The van der Waals surface area contributed by atoms with Crippen LogP contribution in [0.25, 0.3) is 0 Å². The number of phenols is 2. The zero-order valence-corrected chi connectivity index (χ0v) is 26.2. The molecule has 8 heteroatoms. The third-order valence-electron chi connectivity index (χ3n) is 7.42. The molecular formula is C37H40O8. The Hall–Kier alpha value is -4.98. The van der Waals surface area contributed by atoms with Gasteiger partial charge < -0.3 is 29.2 Å². The number of benzene rings is 4. The second-order valence-electron chi connectivity index (χ2n) is 10.7. The summed E-state index contributed by atoms with van der Waals surface area (Å²) in [5.41, 5.74) is 6.11. The molecule has 0 spiro atoms. The first-order valence-corrected chi connectivity index (χ1v) is 15.0. The smallest absolute Gasteiger partial charge is 0.344 e. The Morgan fingerprint density at radius 1 is 0.533 bits per heavy atom. The Morgan fingerprint density at radius 3 is 1.40 bits per heavy atom. The van der Waals surface area contributed by atoms with Crippen LogP contribution in [0.5, 0.6) is 23.0 Å². The van der Waals surface area contributed by atoms with Gasteiger partial charge in [0.15, 0.2) is 13.2 Å². The number of phenolic OH excluding ortho intramolecular Hbond substituents is 2. The lowest BCUT2D eigenvalue weighted by Crippen LogP contribution is -2.16. The predicted octanol–water partition coefficient (Wildman–Crippen LogP) is 6.37. The third kappa shape index (κ3) is 8.56. The highest BCUT2D eigenvalue weighted by atomic mass is 16.6. The van der Waals surface area contributed by atoms with E-state index in [1.807, 2.05) is 86.6 Å². The maximum atomic E-state index is 12.2. The molecule has 0 saturated heterocycles. The van der Waals surface area contributed by atoms with Crippen LogP contribution < -0.4 is 9.47 Å². The van der Waals surface area contributed by atoms with E-state index >= 15 is 0 Å². The van der Waals surface area contributed by atoms with Crippen molar-refractivity contribution in [2.75, 3.05) is 26.4 Å². The van der Waals surface area contributed by atoms with Crippen molar-refractivity contribution in [2.45, 2.75) is 47.0 Å². The molecule has 45 heavy (non-hydrogen) atoms. The van der Waals surface area contributed by atoms with Crippen molar-refractivity contribution >= 4 is 11.9 Å². The zero-order chi connectivity index (χ0) is 32.3. The Morgan fingerprint density at radius 2 is 0.911 bits per heavy atom. The summed E-state index contributed by atoms with van der Waals surface area (Å²) in [7, 11) is 0. The van der Waals surface area contributed by atoms with Gasteiger partial charge in [0.05, 0.1) is 13.2 Å². The van der Waals surface area contributed by atoms with Gasteiger partial charge in [-0.05, 0) is 72.2 Å². The summed E-state index contributed by atoms with van der Waals surface area (Å²) in [4.78, 5) is 24.2. The van der Waals surface area contributed by atoms with E-state index in [1.165, 1.54) is 0 Å². The molecule has 2 N–H and O–H groups in total. The number of rotatable bonds is 14. The summed E-state index contributed by atoms with van der Waals surface area (Å²) in [6, 6.07) is 22.6. The lowest BCUT2D eigenvalue weighted by molar-refractivity contribution is -0.146. The van der Waals surface area contributed by atoms with Gasteiger partial charge >= 0.3 is 11.9 Å². The maximum Gasteiger partial charge on any atom is 0.344 e. The first kappa shape index (κ1) is 32.9. The number of aromatic hydroxyl groups is 2. The minimum absolute atomic E-state index is 0.133. The molecule has 0 radical (unpaired) electrons. The Labute approximate surface area is 264 Å². The molecule has 8 nitrogen and oxygen atoms in total. The highest BCUT2D eigenvalue weighted by molar-refractivity contribution is 5.71. The van der Waals surface area contributed by atoms with E-state index in [4.69, 9.17) is 18.9 Å². The number of hydrogen-bond acceptors (Lipinski definition) is 8. The number of carbonyl (C=O) groups is 2. The third-order valence-corrected chi connectivity index (χ3v) is 7.42. The van der Waals surface area contributed by atoms with Crippen LogP contribution in [0.4, 0.5) is 0 Å². The van der Waals surface area contributed by atoms with Crippen LogP contribution in [0, 0.1) is 13.8 Å². The molecule has 0 aliphatic carbocycles. The molecule has 0 atom stereocenters. The van der Waals surface area contributed by atoms with Gasteiger partial charge in [-0.15, -0.1) is 0 Å². The molecule has 0 amide bonds. The molecule has 0 saturated carbocycles. The van der Waals surface area contributed by atoms with E-state index in [2.05, 4.69) is 0 Å². The molecule has 0 aliphatic rings. The molecule has 0 aromatic heterocycles. The van der Waals surface area contributed by atoms with E-state index in [0.717, 1.165) is 33.4 Å². The number of para-hydroxylation sites is 4. The molecule has 236 valence electrons. The number of carbonyl (C=O) groups excluding carboxylic acids is 2. The fraction of sp³-hybridized carbons (Fsp3) is 0.297. The Kier molecular flexibility index (Phi) is 11.5. The molecule has 4 aromatic carbocycles. The van der Waals surface area contributed by atoms with Crippen LogP contribution in [0.15, 0.2) is 72.8 Å². The fourth-order valence-corrected chi connectivity index (χ4v) is 5.24. The van der Waals surface area contributed by atoms with Crippen LogP contribution in [0.1, 0.15) is 58.4 Å². The van der Waals surface area contributed by atoms with Gasteiger partial charge in [0.2, 0.25) is 0 Å². The molecule has 0 unspecified atom stereocenters. The van der Waals surface area contributed by atoms with Crippen molar-refractivity contribution in [2.24, 2.45) is 0 Å². The summed E-state index contributed by atoms with van der Waals surface area (Å²) in [6.45, 7) is 7.26. The van der Waals surface area contributed by atoms with Crippen LogP contribution in [-0.4, -0.2) is 48.6 Å². The van der Waals surface area contributed by atoms with Crippen LogP contribution >= 0.6 is 0 Å². The summed E-state index contributed by atoms with van der Waals surface area (Å²) < 4.78 is 22.0. The highest BCUT2D eigenvalue weighted by Crippen LogP contribution is 2.35. The molecule has 0 bridgehead atoms. The van der Waals surface area contributed by atoms with Gasteiger partial charge in [-0.1, -0.05) is 72.8 Å². The normalized spacial score (nSPS) is 10.8. The van der Waals surface area contributed by atoms with Crippen molar-refractivity contribution in [3.05, 3.63) is 117 Å². The van der Waals surface area contributed by atoms with Crippen LogP contribution in [0.3, 0.4) is 0 Å². The molecule has 4 rings (SSSR count). The standard InChI is InChI=1S/C37H40O8/c1-5-42-32(38)22-44-36-25(4)12-8-16-29(36)20-27-14-9-15-28(35(27)41)21-31-18-10-17-30(37(31)45-23-33(39)43-6-2)19-26-13-7-11-24(3)34(26)40/h7-18,40-41H,5-6,19-23H2,1-4H3. The highest BCUT2D eigenvalue weighted by Gasteiger charge is 2.18. The van der Waals surface area contributed by atoms with Crippen molar-refractivity contribution in [3.8, 4) is 23.0 Å². The van der Waals surface area contributed by atoms with Gasteiger partial charge in [-0.25, -0.2) is 9.59 Å². The Balaban J connectivity index is 1.64. The SMILES string of the molecule is CCOC(=O)COc1c(C)cccc1Cc1cccc(Cc2cccc(Cc3cccc(C)c3O)c2OCC(=O)OCC)c1O. The van der Waals surface area contributed by atoms with Crippen molar-refractivity contribution in [1.82, 2.24) is 0 Å². The summed E-state index contributed by atoms with van der Waals surface area (Å²) in [5.74, 6) is 0.500. The number of ether oxygens (including phenoxy) is 4. The van der Waals surface area contributed by atoms with Gasteiger partial charge in [0, 0.05) is 19.3 Å². The van der Waals surface area contributed by atoms with E-state index in [1.54, 1.807) is 13.8 Å². The minimum atomic E-state index is -0.486. The van der Waals surface area contributed by atoms with Crippen LogP contribution in [0.2, 0.25) is 0 Å². The quantitative estimate of drug-likeness (QED) is 0.158. The van der Waals surface area contributed by atoms with Crippen molar-refractivity contribution in [1.29, 1.82) is 0 Å². The van der Waals surface area contributed by atoms with Gasteiger partial charge in [0.1, 0.15) is 23.0 Å². The van der Waals surface area contributed by atoms with Crippen molar-refractivity contribution in [3.63, 3.8) is 0 Å². The largest absolute Gasteiger partial charge is 0.507 e. The van der Waals surface area contributed by atoms with E-state index < -0.39 is 11.9 Å². The number of esters is 2. The van der Waals surface area contributed by atoms with E-state index in [-0.39, 0.29) is 37.9 Å². The summed E-state index contributed by atoms with van der Waals surface area (Å²) in [5, 5.41) is 22.1. The lowest BCUT2D eigenvalue weighted by atomic mass is 9.94. The van der Waals surface area contributed by atoms with Crippen LogP contribution in [-0.2, 0) is 38.3 Å². The maximum absolute atomic E-state index is 12.2. The number of hydrogen-bond donors (Lipinski definition) is 2. The van der Waals surface area contributed by atoms with Gasteiger partial charge in [-0.3, -0.25) is 0 Å². The Bertz CT molecular complexity index is 1640. The first-order chi connectivity index (χ1) is 21.7. The van der Waals surface area contributed by atoms with Gasteiger partial charge in [-0.2, -0.15) is 0 Å². The van der Waals surface area contributed by atoms with E-state index in [9.17, 15) is 19.8 Å². The first-order valence-electron chi connectivity index (χ1n) is 15.0. The number of aryl methyl sites for hydroxylation is 2. The molecule has 0 fully saturated rings. The zero-order valence-electron chi connectivity index (χ0n) is 26.2. The summed E-state index contributed by atoms with van der Waals surface area (Å²) in [6.07, 6.45) is 1.08. The molecular weight excluding hydrogens is 572 g/mol. The minimum Gasteiger partial charge on any atom is -0.507 e. The average Bonchev–Trinajstić information content (AvgIpc) is 3.01. The fourth-order valence-electron chi connectivity index (χ4n) is 5.24. The molecule has 0 aliphatic heterocycles. The van der Waals surface area contributed by atoms with E-state index in [0.29, 0.717) is 41.9 Å². The van der Waals surface area contributed by atoms with Gasteiger partial charge in [0.25, 0.3) is 0 Å².